The third kappa shape index (κ3) is 3.62. The summed E-state index contributed by atoms with van der Waals surface area (Å²) in [5.74, 6) is 0.860. The lowest BCUT2D eigenvalue weighted by molar-refractivity contribution is 0.0707. The van der Waals surface area contributed by atoms with Crippen molar-refractivity contribution in [2.75, 3.05) is 38.2 Å². The first-order valence-corrected chi connectivity index (χ1v) is 8.82. The molecule has 27 heavy (non-hydrogen) atoms. The van der Waals surface area contributed by atoms with Gasteiger partial charge in [-0.05, 0) is 36.4 Å². The molecule has 0 spiro atoms. The average Bonchev–Trinajstić information content (AvgIpc) is 3.24. The Morgan fingerprint density at radius 2 is 1.67 bits per heavy atom. The molecule has 0 radical (unpaired) electrons. The summed E-state index contributed by atoms with van der Waals surface area (Å²) in [4.78, 5) is 16.7. The normalized spacial score (nSPS) is 14.3. The number of piperazine rings is 1. The van der Waals surface area contributed by atoms with Crippen LogP contribution < -0.4 is 9.64 Å². The molecule has 0 saturated carbocycles. The number of hydrogen-bond acceptors (Lipinski definition) is 6. The lowest BCUT2D eigenvalue weighted by atomic mass is 10.2. The van der Waals surface area contributed by atoms with Crippen LogP contribution in [0.25, 0.3) is 11.5 Å². The number of hydrogen-bond donors (Lipinski definition) is 0. The first kappa shape index (κ1) is 17.1. The van der Waals surface area contributed by atoms with Gasteiger partial charge in [0.25, 0.3) is 0 Å². The Hall–Kier alpha value is -3.35. The van der Waals surface area contributed by atoms with E-state index in [2.05, 4.69) is 27.2 Å². The van der Waals surface area contributed by atoms with E-state index < -0.39 is 0 Å². The van der Waals surface area contributed by atoms with Crippen molar-refractivity contribution < 1.29 is 13.9 Å². The number of amides is 1. The van der Waals surface area contributed by atoms with Gasteiger partial charge in [0.15, 0.2) is 0 Å². The SMILES string of the molecule is COc1ccc(-c2nnc(C(=O)N3CCN(c4ccccc4)CC3)o2)cc1. The molecule has 7 heteroatoms. The number of aromatic nitrogens is 2. The van der Waals surface area contributed by atoms with Gasteiger partial charge in [-0.2, -0.15) is 0 Å². The van der Waals surface area contributed by atoms with Crippen LogP contribution in [0.2, 0.25) is 0 Å². The summed E-state index contributed by atoms with van der Waals surface area (Å²) < 4.78 is 10.7. The van der Waals surface area contributed by atoms with Crippen LogP contribution in [0.1, 0.15) is 10.7 Å². The summed E-state index contributed by atoms with van der Waals surface area (Å²) in [6, 6.07) is 17.5. The molecule has 1 aliphatic heterocycles. The Bertz CT molecular complexity index is 900. The van der Waals surface area contributed by atoms with Crippen molar-refractivity contribution in [1.82, 2.24) is 15.1 Å². The molecule has 7 nitrogen and oxygen atoms in total. The van der Waals surface area contributed by atoms with Crippen LogP contribution in [-0.2, 0) is 0 Å². The van der Waals surface area contributed by atoms with E-state index in [1.54, 1.807) is 12.0 Å². The van der Waals surface area contributed by atoms with E-state index in [1.807, 2.05) is 42.5 Å². The summed E-state index contributed by atoms with van der Waals surface area (Å²) >= 11 is 0. The maximum Gasteiger partial charge on any atom is 0.311 e. The molecule has 138 valence electrons. The molecule has 1 aliphatic rings. The Labute approximate surface area is 157 Å². The second-order valence-electron chi connectivity index (χ2n) is 6.26. The lowest BCUT2D eigenvalue weighted by Crippen LogP contribution is -2.48. The molecule has 0 aliphatic carbocycles. The van der Waals surface area contributed by atoms with Gasteiger partial charge in [-0.3, -0.25) is 4.79 Å². The van der Waals surface area contributed by atoms with Gasteiger partial charge < -0.3 is 19.0 Å². The quantitative estimate of drug-likeness (QED) is 0.709. The molecule has 4 rings (SSSR count). The lowest BCUT2D eigenvalue weighted by Gasteiger charge is -2.35. The van der Waals surface area contributed by atoms with Crippen molar-refractivity contribution >= 4 is 11.6 Å². The van der Waals surface area contributed by atoms with E-state index in [1.165, 1.54) is 5.69 Å². The largest absolute Gasteiger partial charge is 0.497 e. The minimum absolute atomic E-state index is 0.0222. The number of anilines is 1. The standard InChI is InChI=1S/C20H20N4O3/c1-26-17-9-7-15(8-10-17)18-21-22-19(27-18)20(25)24-13-11-23(12-14-24)16-5-3-2-4-6-16/h2-10H,11-14H2,1H3. The van der Waals surface area contributed by atoms with Gasteiger partial charge in [0.2, 0.25) is 5.89 Å². The molecule has 2 heterocycles. The monoisotopic (exact) mass is 364 g/mol. The molecule has 1 fully saturated rings. The van der Waals surface area contributed by atoms with Crippen molar-refractivity contribution in [2.24, 2.45) is 0 Å². The smallest absolute Gasteiger partial charge is 0.311 e. The van der Waals surface area contributed by atoms with Crippen LogP contribution in [0, 0.1) is 0 Å². The van der Waals surface area contributed by atoms with Crippen molar-refractivity contribution in [2.45, 2.75) is 0 Å². The van der Waals surface area contributed by atoms with E-state index in [0.29, 0.717) is 19.0 Å². The van der Waals surface area contributed by atoms with Crippen LogP contribution in [0.5, 0.6) is 5.75 Å². The highest BCUT2D eigenvalue weighted by atomic mass is 16.5. The Balaban J connectivity index is 1.41. The molecule has 1 aromatic heterocycles. The van der Waals surface area contributed by atoms with Crippen LogP contribution in [0.4, 0.5) is 5.69 Å². The Morgan fingerprint density at radius 1 is 0.963 bits per heavy atom. The zero-order valence-corrected chi connectivity index (χ0v) is 15.0. The van der Waals surface area contributed by atoms with Gasteiger partial charge in [0.1, 0.15) is 5.75 Å². The fourth-order valence-electron chi connectivity index (χ4n) is 3.10. The number of benzene rings is 2. The van der Waals surface area contributed by atoms with Gasteiger partial charge in [-0.1, -0.05) is 18.2 Å². The predicted molar refractivity (Wildman–Crippen MR) is 101 cm³/mol. The van der Waals surface area contributed by atoms with Gasteiger partial charge in [0, 0.05) is 37.4 Å². The van der Waals surface area contributed by atoms with Gasteiger partial charge in [0.05, 0.1) is 7.11 Å². The summed E-state index contributed by atoms with van der Waals surface area (Å²) in [7, 11) is 1.61. The summed E-state index contributed by atoms with van der Waals surface area (Å²) in [5.41, 5.74) is 1.92. The fourth-order valence-corrected chi connectivity index (χ4v) is 3.10. The van der Waals surface area contributed by atoms with Gasteiger partial charge in [-0.25, -0.2) is 0 Å². The second-order valence-corrected chi connectivity index (χ2v) is 6.26. The topological polar surface area (TPSA) is 71.7 Å². The minimum atomic E-state index is -0.227. The summed E-state index contributed by atoms with van der Waals surface area (Å²) in [5, 5.41) is 7.94. The van der Waals surface area contributed by atoms with Crippen molar-refractivity contribution in [1.29, 1.82) is 0 Å². The van der Waals surface area contributed by atoms with E-state index in [9.17, 15) is 4.79 Å². The summed E-state index contributed by atoms with van der Waals surface area (Å²) in [6.07, 6.45) is 0. The van der Waals surface area contributed by atoms with Crippen LogP contribution in [-0.4, -0.2) is 54.3 Å². The Morgan fingerprint density at radius 3 is 2.33 bits per heavy atom. The number of nitrogens with zero attached hydrogens (tertiary/aromatic N) is 4. The maximum atomic E-state index is 12.7. The second kappa shape index (κ2) is 7.49. The zero-order valence-electron chi connectivity index (χ0n) is 15.0. The maximum absolute atomic E-state index is 12.7. The van der Waals surface area contributed by atoms with Crippen LogP contribution >= 0.6 is 0 Å². The molecule has 2 aromatic carbocycles. The molecular formula is C20H20N4O3. The van der Waals surface area contributed by atoms with Crippen LogP contribution in [0.3, 0.4) is 0 Å². The fraction of sp³-hybridized carbons (Fsp3) is 0.250. The number of rotatable bonds is 4. The highest BCUT2D eigenvalue weighted by molar-refractivity contribution is 5.90. The Kier molecular flexibility index (Phi) is 4.74. The third-order valence-electron chi connectivity index (χ3n) is 4.63. The van der Waals surface area contributed by atoms with Gasteiger partial charge in [-0.15, -0.1) is 10.2 Å². The highest BCUT2D eigenvalue weighted by Gasteiger charge is 2.26. The van der Waals surface area contributed by atoms with E-state index in [-0.39, 0.29) is 11.8 Å². The molecule has 0 N–H and O–H groups in total. The molecule has 0 unspecified atom stereocenters. The molecule has 0 bridgehead atoms. The highest BCUT2D eigenvalue weighted by Crippen LogP contribution is 2.22. The molecule has 1 saturated heterocycles. The number of para-hydroxylation sites is 1. The summed E-state index contributed by atoms with van der Waals surface area (Å²) in [6.45, 7) is 2.78. The minimum Gasteiger partial charge on any atom is -0.497 e. The third-order valence-corrected chi connectivity index (χ3v) is 4.63. The van der Waals surface area contributed by atoms with Crippen molar-refractivity contribution in [3.05, 3.63) is 60.5 Å². The first-order chi connectivity index (χ1) is 13.2. The van der Waals surface area contributed by atoms with E-state index >= 15 is 0 Å². The number of methoxy groups -OCH3 is 1. The number of carbonyl (C=O) groups is 1. The number of carbonyl (C=O) groups excluding carboxylic acids is 1. The average molecular weight is 364 g/mol. The van der Waals surface area contributed by atoms with E-state index in [4.69, 9.17) is 9.15 Å². The zero-order chi connectivity index (χ0) is 18.6. The molecule has 1 amide bonds. The van der Waals surface area contributed by atoms with Gasteiger partial charge >= 0.3 is 11.8 Å². The van der Waals surface area contributed by atoms with Crippen LogP contribution in [0.15, 0.2) is 59.0 Å². The first-order valence-electron chi connectivity index (χ1n) is 8.82. The van der Waals surface area contributed by atoms with E-state index in [0.717, 1.165) is 24.4 Å². The van der Waals surface area contributed by atoms with Crippen molar-refractivity contribution in [3.63, 3.8) is 0 Å². The van der Waals surface area contributed by atoms with Crippen molar-refractivity contribution in [3.8, 4) is 17.2 Å². The molecular weight excluding hydrogens is 344 g/mol. The predicted octanol–water partition coefficient (Wildman–Crippen LogP) is 2.71. The molecule has 0 atom stereocenters. The molecule has 3 aromatic rings. The number of ether oxygens (including phenoxy) is 1.